The molecule has 2 rings (SSSR count). The molecule has 1 saturated heterocycles. The van der Waals surface area contributed by atoms with Crippen LogP contribution in [-0.4, -0.2) is 21.5 Å². The molecule has 1 aromatic heterocycles. The Morgan fingerprint density at radius 3 is 3.15 bits per heavy atom. The van der Waals surface area contributed by atoms with E-state index in [0.29, 0.717) is 11.1 Å². The fraction of sp³-hybridized carbons (Fsp3) is 0.500. The zero-order valence-corrected chi connectivity index (χ0v) is 8.49. The van der Waals surface area contributed by atoms with Gasteiger partial charge in [-0.1, -0.05) is 11.6 Å². The molecule has 0 aliphatic carbocycles. The first-order valence-corrected chi connectivity index (χ1v) is 5.63. The molecule has 1 atom stereocenters. The van der Waals surface area contributed by atoms with Gasteiger partial charge in [-0.2, -0.15) is 11.8 Å². The molecule has 2 heterocycles. The van der Waals surface area contributed by atoms with Gasteiger partial charge in [-0.25, -0.2) is 9.78 Å². The number of halogens is 1. The van der Waals surface area contributed by atoms with Crippen LogP contribution in [0.5, 0.6) is 0 Å². The number of hydrogen-bond donors (Lipinski definition) is 1. The lowest BCUT2D eigenvalue weighted by Gasteiger charge is -2.08. The van der Waals surface area contributed by atoms with Crippen molar-refractivity contribution in [1.82, 2.24) is 9.97 Å². The molecule has 1 aliphatic heterocycles. The predicted molar refractivity (Wildman–Crippen MR) is 54.6 cm³/mol. The van der Waals surface area contributed by atoms with E-state index in [-0.39, 0.29) is 5.69 Å². The van der Waals surface area contributed by atoms with Crippen molar-refractivity contribution in [3.63, 3.8) is 0 Å². The Labute approximate surface area is 84.9 Å². The number of aromatic nitrogens is 2. The average molecular weight is 217 g/mol. The van der Waals surface area contributed by atoms with Crippen LogP contribution in [0.3, 0.4) is 0 Å². The molecule has 1 aromatic rings. The Morgan fingerprint density at radius 2 is 2.54 bits per heavy atom. The summed E-state index contributed by atoms with van der Waals surface area (Å²) in [5.41, 5.74) is 0.602. The van der Waals surface area contributed by atoms with Crippen molar-refractivity contribution in [3.05, 3.63) is 27.4 Å². The van der Waals surface area contributed by atoms with E-state index >= 15 is 0 Å². The number of H-pyrrole nitrogens is 1. The summed E-state index contributed by atoms with van der Waals surface area (Å²) >= 11 is 7.82. The zero-order valence-electron chi connectivity index (χ0n) is 6.92. The minimum atomic E-state index is -0.376. The maximum atomic E-state index is 10.8. The molecule has 3 nitrogen and oxygen atoms in total. The van der Waals surface area contributed by atoms with Gasteiger partial charge in [0.15, 0.2) is 0 Å². The molecule has 5 heteroatoms. The highest BCUT2D eigenvalue weighted by Gasteiger charge is 2.20. The average Bonchev–Trinajstić information content (AvgIpc) is 2.56. The van der Waals surface area contributed by atoms with Crippen molar-refractivity contribution in [2.24, 2.45) is 0 Å². The number of thioether (sulfide) groups is 1. The van der Waals surface area contributed by atoms with Crippen molar-refractivity contribution in [2.45, 2.75) is 12.3 Å². The first-order valence-electron chi connectivity index (χ1n) is 4.10. The van der Waals surface area contributed by atoms with Crippen LogP contribution in [0.15, 0.2) is 11.0 Å². The SMILES string of the molecule is O=c1ncc(C2CCSC2)c(Cl)[nH]1. The van der Waals surface area contributed by atoms with Gasteiger partial charge in [-0.15, -0.1) is 0 Å². The van der Waals surface area contributed by atoms with Gasteiger partial charge in [-0.05, 0) is 18.1 Å². The van der Waals surface area contributed by atoms with Crippen LogP contribution in [0, 0.1) is 0 Å². The van der Waals surface area contributed by atoms with Crippen molar-refractivity contribution >= 4 is 23.4 Å². The number of nitrogens with one attached hydrogen (secondary N) is 1. The van der Waals surface area contributed by atoms with Crippen LogP contribution in [0.2, 0.25) is 5.15 Å². The third-order valence-electron chi connectivity index (χ3n) is 2.16. The van der Waals surface area contributed by atoms with Crippen LogP contribution >= 0.6 is 23.4 Å². The third kappa shape index (κ3) is 1.89. The first kappa shape index (κ1) is 9.09. The maximum Gasteiger partial charge on any atom is 0.346 e. The standard InChI is InChI=1S/C8H9ClN2OS/c9-7-6(3-10-8(12)11-7)5-1-2-13-4-5/h3,5H,1-2,4H2,(H,10,11,12). The Kier molecular flexibility index (Phi) is 2.60. The van der Waals surface area contributed by atoms with Crippen molar-refractivity contribution in [2.75, 3.05) is 11.5 Å². The topological polar surface area (TPSA) is 45.8 Å². The monoisotopic (exact) mass is 216 g/mol. The van der Waals surface area contributed by atoms with Crippen LogP contribution in [0.25, 0.3) is 0 Å². The highest BCUT2D eigenvalue weighted by Crippen LogP contribution is 2.34. The molecule has 0 radical (unpaired) electrons. The maximum absolute atomic E-state index is 10.8. The van der Waals surface area contributed by atoms with Gasteiger partial charge in [0.1, 0.15) is 5.15 Å². The van der Waals surface area contributed by atoms with Crippen LogP contribution in [-0.2, 0) is 0 Å². The molecule has 1 N–H and O–H groups in total. The van der Waals surface area contributed by atoms with E-state index in [1.54, 1.807) is 6.20 Å². The van der Waals surface area contributed by atoms with Crippen LogP contribution < -0.4 is 5.69 Å². The molecule has 0 saturated carbocycles. The van der Waals surface area contributed by atoms with E-state index in [2.05, 4.69) is 9.97 Å². The van der Waals surface area contributed by atoms with Crippen molar-refractivity contribution in [3.8, 4) is 0 Å². The highest BCUT2D eigenvalue weighted by atomic mass is 35.5. The zero-order chi connectivity index (χ0) is 9.26. The number of hydrogen-bond acceptors (Lipinski definition) is 3. The van der Waals surface area contributed by atoms with Gasteiger partial charge in [0.25, 0.3) is 0 Å². The summed E-state index contributed by atoms with van der Waals surface area (Å²) in [6, 6.07) is 0. The lowest BCUT2D eigenvalue weighted by Crippen LogP contribution is -2.12. The lowest BCUT2D eigenvalue weighted by molar-refractivity contribution is 0.767. The predicted octanol–water partition coefficient (Wildman–Crippen LogP) is 1.64. The van der Waals surface area contributed by atoms with Gasteiger partial charge >= 0.3 is 5.69 Å². The second kappa shape index (κ2) is 3.72. The van der Waals surface area contributed by atoms with E-state index in [0.717, 1.165) is 17.7 Å². The summed E-state index contributed by atoms with van der Waals surface area (Å²) in [6.07, 6.45) is 2.72. The molecule has 1 aliphatic rings. The Morgan fingerprint density at radius 1 is 1.69 bits per heavy atom. The van der Waals surface area contributed by atoms with Crippen molar-refractivity contribution < 1.29 is 0 Å². The minimum absolute atomic E-state index is 0.376. The molecule has 13 heavy (non-hydrogen) atoms. The Hall–Kier alpha value is -0.480. The summed E-state index contributed by atoms with van der Waals surface area (Å²) in [5, 5.41) is 0.451. The largest absolute Gasteiger partial charge is 0.346 e. The Bertz CT molecular complexity index is 359. The highest BCUT2D eigenvalue weighted by molar-refractivity contribution is 7.99. The van der Waals surface area contributed by atoms with E-state index < -0.39 is 0 Å². The van der Waals surface area contributed by atoms with Crippen molar-refractivity contribution in [1.29, 1.82) is 0 Å². The summed E-state index contributed by atoms with van der Waals surface area (Å²) in [4.78, 5) is 17.0. The second-order valence-corrected chi connectivity index (χ2v) is 4.55. The summed E-state index contributed by atoms with van der Waals surface area (Å²) in [7, 11) is 0. The fourth-order valence-electron chi connectivity index (χ4n) is 1.45. The van der Waals surface area contributed by atoms with Gasteiger partial charge in [0, 0.05) is 17.5 Å². The lowest BCUT2D eigenvalue weighted by atomic mass is 10.0. The minimum Gasteiger partial charge on any atom is -0.296 e. The second-order valence-electron chi connectivity index (χ2n) is 3.02. The molecule has 70 valence electrons. The normalized spacial score (nSPS) is 22.1. The van der Waals surface area contributed by atoms with Gasteiger partial charge in [-0.3, -0.25) is 4.98 Å². The number of nitrogens with zero attached hydrogens (tertiary/aromatic N) is 1. The summed E-state index contributed by atoms with van der Waals surface area (Å²) < 4.78 is 0. The molecule has 1 fully saturated rings. The molecule has 1 unspecified atom stereocenters. The van der Waals surface area contributed by atoms with E-state index in [1.165, 1.54) is 5.75 Å². The van der Waals surface area contributed by atoms with Gasteiger partial charge in [0.2, 0.25) is 0 Å². The fourth-order valence-corrected chi connectivity index (χ4v) is 2.98. The molecule has 0 spiro atoms. The smallest absolute Gasteiger partial charge is 0.296 e. The van der Waals surface area contributed by atoms with E-state index in [4.69, 9.17) is 11.6 Å². The molecular weight excluding hydrogens is 208 g/mol. The van der Waals surface area contributed by atoms with Crippen LogP contribution in [0.1, 0.15) is 17.9 Å². The number of rotatable bonds is 1. The molecular formula is C8H9ClN2OS. The molecule has 0 aromatic carbocycles. The van der Waals surface area contributed by atoms with Crippen LogP contribution in [0.4, 0.5) is 0 Å². The quantitative estimate of drug-likeness (QED) is 0.726. The summed E-state index contributed by atoms with van der Waals surface area (Å²) in [6.45, 7) is 0. The van der Waals surface area contributed by atoms with E-state index in [9.17, 15) is 4.79 Å². The third-order valence-corrected chi connectivity index (χ3v) is 3.64. The number of aromatic amines is 1. The summed E-state index contributed by atoms with van der Waals surface area (Å²) in [5.74, 6) is 2.70. The molecule has 0 bridgehead atoms. The molecule has 0 amide bonds. The van der Waals surface area contributed by atoms with E-state index in [1.807, 2.05) is 11.8 Å². The first-order chi connectivity index (χ1) is 6.27. The Balaban J connectivity index is 2.34. The van der Waals surface area contributed by atoms with Gasteiger partial charge in [0.05, 0.1) is 0 Å². The van der Waals surface area contributed by atoms with Gasteiger partial charge < -0.3 is 0 Å².